The van der Waals surface area contributed by atoms with Crippen LogP contribution in [0.1, 0.15) is 0 Å². The number of carboxylic acid groups (broad SMARTS) is 1. The summed E-state index contributed by atoms with van der Waals surface area (Å²) in [6.07, 6.45) is 0.0183. The fraction of sp³-hybridized carbons (Fsp3) is 0. The van der Waals surface area contributed by atoms with Crippen LogP contribution >= 0.6 is 0 Å². The van der Waals surface area contributed by atoms with Crippen molar-refractivity contribution in [2.75, 3.05) is 0 Å². The number of imide groups is 2. The molecule has 0 aliphatic rings. The molecule has 4 amide bonds. The Morgan fingerprint density at radius 3 is 2.18 bits per heavy atom. The van der Waals surface area contributed by atoms with Gasteiger partial charge in [0, 0.05) is 0 Å². The molecule has 0 fully saturated rings. The Morgan fingerprint density at radius 1 is 1.27 bits per heavy atom. The normalized spacial score (nSPS) is 8.00. The van der Waals surface area contributed by atoms with E-state index in [1.54, 1.807) is 0 Å². The number of rotatable bonds is 1. The molecule has 7 heteroatoms. The van der Waals surface area contributed by atoms with E-state index >= 15 is 0 Å². The van der Waals surface area contributed by atoms with Crippen molar-refractivity contribution in [1.29, 1.82) is 0 Å². The third-order valence-corrected chi connectivity index (χ3v) is 0.611. The maximum absolute atomic E-state index is 10.2. The highest BCUT2D eigenvalue weighted by atomic mass is 16.4. The monoisotopic (exact) mass is 160 g/mol. The summed E-state index contributed by atoms with van der Waals surface area (Å²) in [5.41, 5.74) is 0. The third kappa shape index (κ3) is 3.62. The van der Waals surface area contributed by atoms with Crippen LogP contribution in [0.2, 0.25) is 0 Å². The molecule has 0 aromatic carbocycles. The molecule has 11 heavy (non-hydrogen) atoms. The number of carboxylic acids is 1. The Bertz CT molecular complexity index is 211. The van der Waals surface area contributed by atoms with Crippen molar-refractivity contribution >= 4 is 24.3 Å². The average molecular weight is 160 g/mol. The summed E-state index contributed by atoms with van der Waals surface area (Å²) in [5, 5.41) is 10.8. The van der Waals surface area contributed by atoms with Gasteiger partial charge in [0.15, 0.2) is 0 Å². The maximum Gasteiger partial charge on any atom is 0.394 e. The number of urea groups is 1. The summed E-state index contributed by atoms with van der Waals surface area (Å²) >= 11 is 0. The summed E-state index contributed by atoms with van der Waals surface area (Å²) in [7, 11) is 0. The SMILES string of the molecule is O=CNC(=O)NC(=O)C(=O)O. The summed E-state index contributed by atoms with van der Waals surface area (Å²) in [4.78, 5) is 39.7. The smallest absolute Gasteiger partial charge is 0.394 e. The van der Waals surface area contributed by atoms with Gasteiger partial charge in [0.2, 0.25) is 6.41 Å². The first-order chi connectivity index (χ1) is 5.07. The number of aliphatic carboxylic acids is 1. The zero-order valence-corrected chi connectivity index (χ0v) is 5.16. The quantitative estimate of drug-likeness (QED) is 0.305. The molecule has 7 nitrogen and oxygen atoms in total. The number of hydrogen-bond donors (Lipinski definition) is 3. The van der Waals surface area contributed by atoms with Crippen LogP contribution < -0.4 is 10.6 Å². The standard InChI is InChI=1S/C4H4N2O5/c7-1-5-4(11)6-2(8)3(9)10/h1H,(H,9,10)(H2,5,6,7,8,11). The van der Waals surface area contributed by atoms with Crippen molar-refractivity contribution in [3.05, 3.63) is 0 Å². The lowest BCUT2D eigenvalue weighted by molar-refractivity contribution is -0.149. The van der Waals surface area contributed by atoms with Gasteiger partial charge in [-0.05, 0) is 0 Å². The molecular weight excluding hydrogens is 156 g/mol. The predicted octanol–water partition coefficient (Wildman–Crippen LogP) is -1.95. The predicted molar refractivity (Wildman–Crippen MR) is 30.4 cm³/mol. The van der Waals surface area contributed by atoms with Crippen LogP contribution in [-0.2, 0) is 14.4 Å². The van der Waals surface area contributed by atoms with Gasteiger partial charge in [0.05, 0.1) is 0 Å². The lowest BCUT2D eigenvalue weighted by Crippen LogP contribution is -2.42. The van der Waals surface area contributed by atoms with Gasteiger partial charge in [-0.15, -0.1) is 0 Å². The summed E-state index contributed by atoms with van der Waals surface area (Å²) in [6.45, 7) is 0. The Labute approximate surface area is 60.4 Å². The Balaban J connectivity index is 3.85. The minimum Gasteiger partial charge on any atom is -0.474 e. The van der Waals surface area contributed by atoms with E-state index in [2.05, 4.69) is 0 Å². The molecule has 0 radical (unpaired) electrons. The molecule has 0 aliphatic carbocycles. The van der Waals surface area contributed by atoms with E-state index in [0.29, 0.717) is 0 Å². The molecule has 0 unspecified atom stereocenters. The molecular formula is C4H4N2O5. The highest BCUT2D eigenvalue weighted by molar-refractivity contribution is 6.34. The van der Waals surface area contributed by atoms with Crippen molar-refractivity contribution in [1.82, 2.24) is 10.6 Å². The van der Waals surface area contributed by atoms with Crippen molar-refractivity contribution < 1.29 is 24.3 Å². The van der Waals surface area contributed by atoms with Gasteiger partial charge in [-0.3, -0.25) is 20.2 Å². The number of hydrogen-bond acceptors (Lipinski definition) is 4. The number of nitrogens with one attached hydrogen (secondary N) is 2. The molecule has 0 aliphatic heterocycles. The first kappa shape index (κ1) is 9.08. The van der Waals surface area contributed by atoms with Gasteiger partial charge >= 0.3 is 17.9 Å². The Morgan fingerprint density at radius 2 is 1.82 bits per heavy atom. The van der Waals surface area contributed by atoms with Crippen LogP contribution in [0.4, 0.5) is 4.79 Å². The zero-order valence-electron chi connectivity index (χ0n) is 5.16. The minimum absolute atomic E-state index is 0.0183. The largest absolute Gasteiger partial charge is 0.474 e. The zero-order chi connectivity index (χ0) is 8.85. The van der Waals surface area contributed by atoms with E-state index in [9.17, 15) is 19.2 Å². The lowest BCUT2D eigenvalue weighted by Gasteiger charge is -1.95. The molecule has 0 saturated carbocycles. The molecule has 60 valence electrons. The lowest BCUT2D eigenvalue weighted by atomic mass is 10.6. The van der Waals surface area contributed by atoms with Gasteiger partial charge in [0.25, 0.3) is 0 Å². The van der Waals surface area contributed by atoms with Crippen LogP contribution in [0.25, 0.3) is 0 Å². The first-order valence-corrected chi connectivity index (χ1v) is 2.36. The second-order valence-electron chi connectivity index (χ2n) is 1.35. The molecule has 0 rings (SSSR count). The fourth-order valence-electron chi connectivity index (χ4n) is 0.246. The van der Waals surface area contributed by atoms with E-state index in [0.717, 1.165) is 0 Å². The minimum atomic E-state index is -1.80. The molecule has 3 N–H and O–H groups in total. The van der Waals surface area contributed by atoms with Crippen molar-refractivity contribution in [3.8, 4) is 0 Å². The van der Waals surface area contributed by atoms with Crippen molar-refractivity contribution in [2.24, 2.45) is 0 Å². The summed E-state index contributed by atoms with van der Waals surface area (Å²) < 4.78 is 0. The highest BCUT2D eigenvalue weighted by Crippen LogP contribution is 1.66. The number of carbonyl (C=O) groups excluding carboxylic acids is 3. The van der Waals surface area contributed by atoms with E-state index in [1.165, 1.54) is 10.6 Å². The summed E-state index contributed by atoms with van der Waals surface area (Å²) in [5.74, 6) is -3.30. The molecule has 0 heterocycles. The van der Waals surface area contributed by atoms with Crippen LogP contribution in [0, 0.1) is 0 Å². The topological polar surface area (TPSA) is 113 Å². The molecule has 0 bridgehead atoms. The van der Waals surface area contributed by atoms with Crippen LogP contribution in [-0.4, -0.2) is 29.4 Å². The second-order valence-corrected chi connectivity index (χ2v) is 1.35. The number of amides is 4. The Kier molecular flexibility index (Phi) is 3.29. The third-order valence-electron chi connectivity index (χ3n) is 0.611. The number of carbonyl (C=O) groups is 4. The van der Waals surface area contributed by atoms with E-state index in [-0.39, 0.29) is 6.41 Å². The summed E-state index contributed by atoms with van der Waals surface area (Å²) in [6, 6.07) is -1.17. The van der Waals surface area contributed by atoms with Gasteiger partial charge in [-0.25, -0.2) is 9.59 Å². The first-order valence-electron chi connectivity index (χ1n) is 2.36. The molecule has 0 saturated heterocycles. The second kappa shape index (κ2) is 3.99. The molecule has 0 spiro atoms. The highest BCUT2D eigenvalue weighted by Gasteiger charge is 2.13. The van der Waals surface area contributed by atoms with Crippen LogP contribution in [0.5, 0.6) is 0 Å². The Hall–Kier alpha value is -1.92. The van der Waals surface area contributed by atoms with Crippen molar-refractivity contribution in [2.45, 2.75) is 0 Å². The van der Waals surface area contributed by atoms with E-state index in [4.69, 9.17) is 5.11 Å². The van der Waals surface area contributed by atoms with Gasteiger partial charge in [0.1, 0.15) is 0 Å². The fourth-order valence-corrected chi connectivity index (χ4v) is 0.246. The van der Waals surface area contributed by atoms with E-state index in [1.807, 2.05) is 0 Å². The maximum atomic E-state index is 10.2. The van der Waals surface area contributed by atoms with Crippen LogP contribution in [0.3, 0.4) is 0 Å². The average Bonchev–Trinajstić information content (AvgIpc) is 1.87. The van der Waals surface area contributed by atoms with Gasteiger partial charge < -0.3 is 5.11 Å². The van der Waals surface area contributed by atoms with Gasteiger partial charge in [-0.2, -0.15) is 0 Å². The van der Waals surface area contributed by atoms with Crippen LogP contribution in [0.15, 0.2) is 0 Å². The van der Waals surface area contributed by atoms with E-state index < -0.39 is 17.9 Å². The van der Waals surface area contributed by atoms with Crippen molar-refractivity contribution in [3.63, 3.8) is 0 Å². The molecule has 0 aromatic heterocycles. The molecule has 0 atom stereocenters. The molecule has 0 aromatic rings. The van der Waals surface area contributed by atoms with Gasteiger partial charge in [-0.1, -0.05) is 0 Å².